The predicted molar refractivity (Wildman–Crippen MR) is 84.4 cm³/mol. The van der Waals surface area contributed by atoms with Crippen LogP contribution in [0.5, 0.6) is 0 Å². The molecule has 1 aromatic rings. The SMILES string of the molecule is COC(=O)C1CCCN(CC(=O)ON2C(=O)c3ccccc3C2=O)C1=O. The van der Waals surface area contributed by atoms with Gasteiger partial charge in [0, 0.05) is 6.54 Å². The topological polar surface area (TPSA) is 110 Å². The van der Waals surface area contributed by atoms with Crippen molar-refractivity contribution in [3.05, 3.63) is 35.4 Å². The third kappa shape index (κ3) is 3.03. The molecule has 136 valence electrons. The Labute approximate surface area is 148 Å². The number of amides is 3. The molecule has 0 saturated carbocycles. The third-order valence-corrected chi connectivity index (χ3v) is 4.29. The fourth-order valence-electron chi connectivity index (χ4n) is 2.99. The molecule has 1 atom stereocenters. The number of imide groups is 1. The number of hydrogen-bond acceptors (Lipinski definition) is 7. The van der Waals surface area contributed by atoms with Crippen molar-refractivity contribution in [3.8, 4) is 0 Å². The first-order valence-electron chi connectivity index (χ1n) is 7.99. The summed E-state index contributed by atoms with van der Waals surface area (Å²) in [5.41, 5.74) is 0.287. The molecule has 0 N–H and O–H groups in total. The molecule has 1 aromatic carbocycles. The van der Waals surface area contributed by atoms with Crippen molar-refractivity contribution < 1.29 is 33.5 Å². The van der Waals surface area contributed by atoms with Crippen LogP contribution in [0.15, 0.2) is 24.3 Å². The molecular weight excluding hydrogens is 344 g/mol. The Hall–Kier alpha value is -3.23. The number of esters is 1. The summed E-state index contributed by atoms with van der Waals surface area (Å²) in [6.07, 6.45) is 0.862. The molecule has 2 aliphatic heterocycles. The summed E-state index contributed by atoms with van der Waals surface area (Å²) in [5.74, 6) is -4.58. The van der Waals surface area contributed by atoms with E-state index in [2.05, 4.69) is 4.74 Å². The quantitative estimate of drug-likeness (QED) is 0.427. The van der Waals surface area contributed by atoms with Gasteiger partial charge in [-0.15, -0.1) is 0 Å². The predicted octanol–water partition coefficient (Wildman–Crippen LogP) is 0.152. The fraction of sp³-hybridized carbons (Fsp3) is 0.353. The van der Waals surface area contributed by atoms with E-state index in [1.807, 2.05) is 0 Å². The van der Waals surface area contributed by atoms with Crippen LogP contribution in [-0.4, -0.2) is 59.8 Å². The molecule has 1 fully saturated rings. The van der Waals surface area contributed by atoms with E-state index < -0.39 is 42.1 Å². The molecular formula is C17H16N2O7. The molecule has 0 radical (unpaired) electrons. The second kappa shape index (κ2) is 6.95. The van der Waals surface area contributed by atoms with Crippen LogP contribution in [0.1, 0.15) is 33.6 Å². The molecule has 1 unspecified atom stereocenters. The number of nitrogens with zero attached hydrogens (tertiary/aromatic N) is 2. The van der Waals surface area contributed by atoms with Crippen LogP contribution in [0, 0.1) is 5.92 Å². The number of carbonyl (C=O) groups is 5. The zero-order chi connectivity index (χ0) is 18.8. The molecule has 0 aromatic heterocycles. The van der Waals surface area contributed by atoms with Crippen molar-refractivity contribution in [1.82, 2.24) is 9.96 Å². The zero-order valence-corrected chi connectivity index (χ0v) is 14.0. The van der Waals surface area contributed by atoms with Crippen molar-refractivity contribution in [3.63, 3.8) is 0 Å². The van der Waals surface area contributed by atoms with E-state index in [1.54, 1.807) is 12.1 Å². The van der Waals surface area contributed by atoms with E-state index in [-0.39, 0.29) is 17.7 Å². The van der Waals surface area contributed by atoms with Gasteiger partial charge >= 0.3 is 11.9 Å². The molecule has 3 amide bonds. The van der Waals surface area contributed by atoms with Gasteiger partial charge in [-0.2, -0.15) is 0 Å². The number of carbonyl (C=O) groups excluding carboxylic acids is 5. The third-order valence-electron chi connectivity index (χ3n) is 4.29. The summed E-state index contributed by atoms with van der Waals surface area (Å²) in [5, 5.41) is 0.388. The molecule has 9 nitrogen and oxygen atoms in total. The average Bonchev–Trinajstić information content (AvgIpc) is 2.88. The Morgan fingerprint density at radius 3 is 2.31 bits per heavy atom. The van der Waals surface area contributed by atoms with Gasteiger partial charge in [-0.3, -0.25) is 19.2 Å². The number of hydroxylamine groups is 2. The Bertz CT molecular complexity index is 769. The van der Waals surface area contributed by atoms with Crippen molar-refractivity contribution in [1.29, 1.82) is 0 Å². The average molecular weight is 360 g/mol. The summed E-state index contributed by atoms with van der Waals surface area (Å²) in [6.45, 7) is -0.205. The number of hydrogen-bond donors (Lipinski definition) is 0. The zero-order valence-electron chi connectivity index (χ0n) is 14.0. The maximum absolute atomic E-state index is 12.3. The summed E-state index contributed by atoms with van der Waals surface area (Å²) >= 11 is 0. The molecule has 9 heteroatoms. The van der Waals surface area contributed by atoms with Gasteiger partial charge in [-0.05, 0) is 25.0 Å². The minimum Gasteiger partial charge on any atom is -0.468 e. The van der Waals surface area contributed by atoms with Crippen molar-refractivity contribution in [2.24, 2.45) is 5.92 Å². The Balaban J connectivity index is 1.65. The summed E-state index contributed by atoms with van der Waals surface area (Å²) in [7, 11) is 1.19. The van der Waals surface area contributed by atoms with Crippen LogP contribution < -0.4 is 0 Å². The second-order valence-corrected chi connectivity index (χ2v) is 5.89. The second-order valence-electron chi connectivity index (χ2n) is 5.89. The number of likely N-dealkylation sites (tertiary alicyclic amines) is 1. The number of ether oxygens (including phenoxy) is 1. The van der Waals surface area contributed by atoms with E-state index >= 15 is 0 Å². The van der Waals surface area contributed by atoms with Crippen molar-refractivity contribution in [2.45, 2.75) is 12.8 Å². The lowest BCUT2D eigenvalue weighted by molar-refractivity contribution is -0.173. The molecule has 0 aliphatic carbocycles. The lowest BCUT2D eigenvalue weighted by atomic mass is 9.97. The van der Waals surface area contributed by atoms with Crippen LogP contribution in [0.3, 0.4) is 0 Å². The highest BCUT2D eigenvalue weighted by atomic mass is 16.7. The van der Waals surface area contributed by atoms with Gasteiger partial charge in [-0.25, -0.2) is 4.79 Å². The van der Waals surface area contributed by atoms with Gasteiger partial charge < -0.3 is 14.5 Å². The lowest BCUT2D eigenvalue weighted by Crippen LogP contribution is -2.48. The van der Waals surface area contributed by atoms with Gasteiger partial charge in [0.05, 0.1) is 18.2 Å². The maximum atomic E-state index is 12.3. The molecule has 2 heterocycles. The smallest absolute Gasteiger partial charge is 0.352 e. The lowest BCUT2D eigenvalue weighted by Gasteiger charge is -2.30. The minimum atomic E-state index is -0.958. The summed E-state index contributed by atoms with van der Waals surface area (Å²) in [4.78, 5) is 66.4. The van der Waals surface area contributed by atoms with Crippen LogP contribution in [0.2, 0.25) is 0 Å². The monoisotopic (exact) mass is 360 g/mol. The number of rotatable bonds is 4. The highest BCUT2D eigenvalue weighted by molar-refractivity contribution is 6.20. The van der Waals surface area contributed by atoms with E-state index in [9.17, 15) is 24.0 Å². The van der Waals surface area contributed by atoms with Gasteiger partial charge in [0.25, 0.3) is 11.8 Å². The first-order chi connectivity index (χ1) is 12.4. The standard InChI is InChI=1S/C17H16N2O7/c1-25-17(24)12-7-4-8-18(14(12)21)9-13(20)26-19-15(22)10-5-2-3-6-11(10)16(19)23/h2-3,5-6,12H,4,7-9H2,1H3. The van der Waals surface area contributed by atoms with Crippen LogP contribution in [0.25, 0.3) is 0 Å². The van der Waals surface area contributed by atoms with Gasteiger partial charge in [-0.1, -0.05) is 17.2 Å². The normalized spacial score (nSPS) is 19.4. The molecule has 0 spiro atoms. The Morgan fingerprint density at radius 1 is 1.12 bits per heavy atom. The summed E-state index contributed by atoms with van der Waals surface area (Å²) < 4.78 is 4.58. The van der Waals surface area contributed by atoms with Gasteiger partial charge in [0.1, 0.15) is 12.5 Å². The fourth-order valence-corrected chi connectivity index (χ4v) is 2.99. The molecule has 1 saturated heterocycles. The van der Waals surface area contributed by atoms with Gasteiger partial charge in [0.2, 0.25) is 5.91 Å². The van der Waals surface area contributed by atoms with Crippen LogP contribution in [-0.2, 0) is 24.0 Å². The first-order valence-corrected chi connectivity index (χ1v) is 7.99. The van der Waals surface area contributed by atoms with Crippen molar-refractivity contribution in [2.75, 3.05) is 20.2 Å². The number of fused-ring (bicyclic) bond motifs is 1. The highest BCUT2D eigenvalue weighted by Gasteiger charge is 2.40. The van der Waals surface area contributed by atoms with Crippen LogP contribution >= 0.6 is 0 Å². The maximum Gasteiger partial charge on any atom is 0.352 e. The van der Waals surface area contributed by atoms with Gasteiger partial charge in [0.15, 0.2) is 0 Å². The van der Waals surface area contributed by atoms with E-state index in [0.29, 0.717) is 17.9 Å². The number of methoxy groups -OCH3 is 1. The first kappa shape index (κ1) is 17.6. The highest BCUT2D eigenvalue weighted by Crippen LogP contribution is 2.23. The Kier molecular flexibility index (Phi) is 4.70. The number of piperidine rings is 1. The van der Waals surface area contributed by atoms with E-state index in [0.717, 1.165) is 4.90 Å². The van der Waals surface area contributed by atoms with E-state index in [4.69, 9.17) is 4.84 Å². The molecule has 2 aliphatic rings. The molecule has 3 rings (SSSR count). The minimum absolute atomic E-state index is 0.144. The van der Waals surface area contributed by atoms with Crippen LogP contribution in [0.4, 0.5) is 0 Å². The Morgan fingerprint density at radius 2 is 1.73 bits per heavy atom. The summed E-state index contributed by atoms with van der Waals surface area (Å²) in [6, 6.07) is 6.10. The molecule has 26 heavy (non-hydrogen) atoms. The number of benzene rings is 1. The largest absolute Gasteiger partial charge is 0.468 e. The van der Waals surface area contributed by atoms with Crippen molar-refractivity contribution >= 4 is 29.7 Å². The van der Waals surface area contributed by atoms with E-state index in [1.165, 1.54) is 19.2 Å². The molecule has 0 bridgehead atoms.